The lowest BCUT2D eigenvalue weighted by atomic mass is 10.1. The summed E-state index contributed by atoms with van der Waals surface area (Å²) in [6, 6.07) is 8.14. The van der Waals surface area contributed by atoms with Crippen LogP contribution in [0.15, 0.2) is 33.7 Å². The summed E-state index contributed by atoms with van der Waals surface area (Å²) in [5.74, 6) is 4.22. The molecule has 148 valence electrons. The van der Waals surface area contributed by atoms with E-state index in [-0.39, 0.29) is 0 Å². The number of aryl methyl sites for hydroxylation is 2. The van der Waals surface area contributed by atoms with Gasteiger partial charge in [-0.1, -0.05) is 6.07 Å². The van der Waals surface area contributed by atoms with Gasteiger partial charge in [0.15, 0.2) is 17.5 Å². The number of ether oxygens (including phenoxy) is 2. The minimum absolute atomic E-state index is 0.616. The molecule has 0 aliphatic heterocycles. The molecule has 0 bridgehead atoms. The molecular formula is C21H31N3O3. The number of aliphatic imine (C=N–C) groups is 1. The molecule has 0 fully saturated rings. The maximum atomic E-state index is 5.69. The largest absolute Gasteiger partial charge is 0.490 e. The molecule has 27 heavy (non-hydrogen) atoms. The first kappa shape index (κ1) is 20.7. The minimum atomic E-state index is 0.616. The monoisotopic (exact) mass is 373 g/mol. The molecule has 0 aliphatic carbocycles. The van der Waals surface area contributed by atoms with Crippen molar-refractivity contribution in [3.05, 3.63) is 46.9 Å². The second-order valence-electron chi connectivity index (χ2n) is 6.19. The van der Waals surface area contributed by atoms with E-state index in [2.05, 4.69) is 21.7 Å². The van der Waals surface area contributed by atoms with Crippen molar-refractivity contribution < 1.29 is 13.9 Å². The summed E-state index contributed by atoms with van der Waals surface area (Å²) in [7, 11) is 1.77. The maximum Gasteiger partial charge on any atom is 0.191 e. The molecule has 0 radical (unpaired) electrons. The number of rotatable bonds is 9. The van der Waals surface area contributed by atoms with Crippen molar-refractivity contribution in [3.8, 4) is 11.5 Å². The molecular weight excluding hydrogens is 342 g/mol. The van der Waals surface area contributed by atoms with Gasteiger partial charge >= 0.3 is 0 Å². The normalized spacial score (nSPS) is 11.4. The topological polar surface area (TPSA) is 68.0 Å². The van der Waals surface area contributed by atoms with Gasteiger partial charge in [-0.25, -0.2) is 0 Å². The number of hydrogen-bond donors (Lipinski definition) is 2. The Kier molecular flexibility index (Phi) is 8.04. The zero-order chi connectivity index (χ0) is 19.6. The lowest BCUT2D eigenvalue weighted by Gasteiger charge is -2.14. The third-order valence-corrected chi connectivity index (χ3v) is 4.13. The highest BCUT2D eigenvalue weighted by Crippen LogP contribution is 2.28. The predicted molar refractivity (Wildman–Crippen MR) is 109 cm³/mol. The second kappa shape index (κ2) is 10.5. The lowest BCUT2D eigenvalue weighted by molar-refractivity contribution is 0.287. The Morgan fingerprint density at radius 3 is 2.41 bits per heavy atom. The van der Waals surface area contributed by atoms with Crippen LogP contribution in [-0.2, 0) is 13.0 Å². The quantitative estimate of drug-likeness (QED) is 0.519. The van der Waals surface area contributed by atoms with Crippen LogP contribution in [0.2, 0.25) is 0 Å². The Morgan fingerprint density at radius 2 is 1.78 bits per heavy atom. The van der Waals surface area contributed by atoms with Crippen molar-refractivity contribution >= 4 is 5.96 Å². The Morgan fingerprint density at radius 1 is 1.04 bits per heavy atom. The van der Waals surface area contributed by atoms with Crippen LogP contribution in [0.25, 0.3) is 0 Å². The van der Waals surface area contributed by atoms with Crippen molar-refractivity contribution in [2.45, 2.75) is 40.7 Å². The molecule has 0 saturated heterocycles. The zero-order valence-corrected chi connectivity index (χ0v) is 17.0. The fourth-order valence-electron chi connectivity index (χ4n) is 2.83. The van der Waals surface area contributed by atoms with E-state index in [0.717, 1.165) is 47.5 Å². The van der Waals surface area contributed by atoms with Gasteiger partial charge in [0, 0.05) is 25.7 Å². The van der Waals surface area contributed by atoms with E-state index in [9.17, 15) is 0 Å². The van der Waals surface area contributed by atoms with Crippen molar-refractivity contribution in [1.29, 1.82) is 0 Å². The van der Waals surface area contributed by atoms with Crippen molar-refractivity contribution in [2.24, 2.45) is 4.99 Å². The summed E-state index contributed by atoms with van der Waals surface area (Å²) in [5.41, 5.74) is 2.33. The highest BCUT2D eigenvalue weighted by Gasteiger charge is 2.08. The van der Waals surface area contributed by atoms with Gasteiger partial charge in [0.2, 0.25) is 0 Å². The standard InChI is InChI=1S/C21H31N3O3/c1-6-25-19-9-8-17(13-20(19)26-7-2)10-11-23-21(22-5)24-14-18-12-15(3)27-16(18)4/h8-9,12-13H,6-7,10-11,14H2,1-5H3,(H2,22,23,24). The molecule has 0 saturated carbocycles. The molecule has 1 heterocycles. The Bertz CT molecular complexity index is 753. The van der Waals surface area contributed by atoms with E-state index in [1.807, 2.05) is 45.9 Å². The molecule has 6 nitrogen and oxygen atoms in total. The average molecular weight is 373 g/mol. The van der Waals surface area contributed by atoms with Gasteiger partial charge in [-0.2, -0.15) is 0 Å². The lowest BCUT2D eigenvalue weighted by Crippen LogP contribution is -2.37. The summed E-state index contributed by atoms with van der Waals surface area (Å²) in [6.07, 6.45) is 0.858. The van der Waals surface area contributed by atoms with Crippen LogP contribution in [0.5, 0.6) is 11.5 Å². The van der Waals surface area contributed by atoms with E-state index in [0.29, 0.717) is 19.8 Å². The highest BCUT2D eigenvalue weighted by molar-refractivity contribution is 5.79. The summed E-state index contributed by atoms with van der Waals surface area (Å²) in [6.45, 7) is 10.6. The van der Waals surface area contributed by atoms with Crippen LogP contribution in [0.4, 0.5) is 0 Å². The number of hydrogen-bond acceptors (Lipinski definition) is 4. The smallest absolute Gasteiger partial charge is 0.191 e. The van der Waals surface area contributed by atoms with E-state index in [4.69, 9.17) is 13.9 Å². The molecule has 1 aromatic carbocycles. The summed E-state index contributed by atoms with van der Waals surface area (Å²) >= 11 is 0. The van der Waals surface area contributed by atoms with Gasteiger partial charge in [-0.3, -0.25) is 4.99 Å². The van der Waals surface area contributed by atoms with Crippen LogP contribution in [0.1, 0.15) is 36.5 Å². The molecule has 1 aromatic heterocycles. The SMILES string of the molecule is CCOc1ccc(CCNC(=NC)NCc2cc(C)oc2C)cc1OCC. The highest BCUT2D eigenvalue weighted by atomic mass is 16.5. The summed E-state index contributed by atoms with van der Waals surface area (Å²) in [5, 5.41) is 6.66. The molecule has 2 aromatic rings. The zero-order valence-electron chi connectivity index (χ0n) is 17.0. The first-order valence-corrected chi connectivity index (χ1v) is 9.46. The Balaban J connectivity index is 1.86. The average Bonchev–Trinajstić information content (AvgIpc) is 2.97. The number of furan rings is 1. The van der Waals surface area contributed by atoms with Crippen molar-refractivity contribution in [3.63, 3.8) is 0 Å². The van der Waals surface area contributed by atoms with E-state index in [1.165, 1.54) is 5.56 Å². The molecule has 0 spiro atoms. The number of guanidine groups is 1. The molecule has 2 N–H and O–H groups in total. The van der Waals surface area contributed by atoms with E-state index >= 15 is 0 Å². The van der Waals surface area contributed by atoms with Gasteiger partial charge in [0.1, 0.15) is 11.5 Å². The molecule has 0 aliphatic rings. The summed E-state index contributed by atoms with van der Waals surface area (Å²) in [4.78, 5) is 4.28. The number of nitrogens with zero attached hydrogens (tertiary/aromatic N) is 1. The molecule has 2 rings (SSSR count). The molecule has 0 atom stereocenters. The number of benzene rings is 1. The fraction of sp³-hybridized carbons (Fsp3) is 0.476. The molecule has 0 unspecified atom stereocenters. The first-order valence-electron chi connectivity index (χ1n) is 9.46. The van der Waals surface area contributed by atoms with E-state index < -0.39 is 0 Å². The van der Waals surface area contributed by atoms with Gasteiger partial charge < -0.3 is 24.5 Å². The number of nitrogens with one attached hydrogen (secondary N) is 2. The van der Waals surface area contributed by atoms with Gasteiger partial charge in [0.05, 0.1) is 13.2 Å². The minimum Gasteiger partial charge on any atom is -0.490 e. The Labute approximate surface area is 162 Å². The van der Waals surface area contributed by atoms with Crippen LogP contribution < -0.4 is 20.1 Å². The molecule has 6 heteroatoms. The van der Waals surface area contributed by atoms with Crippen LogP contribution in [-0.4, -0.2) is 32.8 Å². The predicted octanol–water partition coefficient (Wildman–Crippen LogP) is 3.60. The van der Waals surface area contributed by atoms with Crippen LogP contribution >= 0.6 is 0 Å². The van der Waals surface area contributed by atoms with Gasteiger partial charge in [0.25, 0.3) is 0 Å². The van der Waals surface area contributed by atoms with E-state index in [1.54, 1.807) is 7.05 Å². The molecule has 0 amide bonds. The summed E-state index contributed by atoms with van der Waals surface area (Å²) < 4.78 is 16.9. The van der Waals surface area contributed by atoms with Crippen LogP contribution in [0.3, 0.4) is 0 Å². The third-order valence-electron chi connectivity index (χ3n) is 4.13. The fourth-order valence-corrected chi connectivity index (χ4v) is 2.83. The second-order valence-corrected chi connectivity index (χ2v) is 6.19. The van der Waals surface area contributed by atoms with Crippen molar-refractivity contribution in [1.82, 2.24) is 10.6 Å². The first-order chi connectivity index (χ1) is 13.1. The maximum absolute atomic E-state index is 5.69. The Hall–Kier alpha value is -2.63. The van der Waals surface area contributed by atoms with Crippen molar-refractivity contribution in [2.75, 3.05) is 26.8 Å². The third kappa shape index (κ3) is 6.24. The van der Waals surface area contributed by atoms with Gasteiger partial charge in [-0.05, 0) is 57.9 Å². The van der Waals surface area contributed by atoms with Gasteiger partial charge in [-0.15, -0.1) is 0 Å². The van der Waals surface area contributed by atoms with Crippen LogP contribution in [0, 0.1) is 13.8 Å².